The molecule has 0 aliphatic carbocycles. The number of benzene rings is 2. The summed E-state index contributed by atoms with van der Waals surface area (Å²) in [6.45, 7) is 2.76. The van der Waals surface area contributed by atoms with Crippen LogP contribution in [-0.2, 0) is 23.0 Å². The molecule has 0 atom stereocenters. The van der Waals surface area contributed by atoms with Crippen molar-refractivity contribution in [2.24, 2.45) is 0 Å². The van der Waals surface area contributed by atoms with Crippen LogP contribution >= 0.6 is 27.3 Å². The first kappa shape index (κ1) is 22.3. The Hall–Kier alpha value is -2.53. The smallest absolute Gasteiger partial charge is 0.243 e. The summed E-state index contributed by atoms with van der Waals surface area (Å²) in [7, 11) is -2.05. The number of nitrogens with zero attached hydrogens (tertiary/aromatic N) is 3. The van der Waals surface area contributed by atoms with Crippen molar-refractivity contribution in [1.82, 2.24) is 14.3 Å². The molecule has 2 aromatic carbocycles. The van der Waals surface area contributed by atoms with E-state index in [0.29, 0.717) is 25.3 Å². The minimum Gasteiger partial charge on any atom is -0.497 e. The summed E-state index contributed by atoms with van der Waals surface area (Å²) >= 11 is 5.13. The van der Waals surface area contributed by atoms with Crippen molar-refractivity contribution < 1.29 is 13.2 Å². The molecule has 0 saturated heterocycles. The van der Waals surface area contributed by atoms with E-state index < -0.39 is 10.0 Å². The average Bonchev–Trinajstić information content (AvgIpc) is 3.19. The van der Waals surface area contributed by atoms with E-state index in [4.69, 9.17) is 4.74 Å². The molecule has 1 N–H and O–H groups in total. The van der Waals surface area contributed by atoms with E-state index in [-0.39, 0.29) is 4.90 Å². The Bertz CT molecular complexity index is 1450. The third-order valence-electron chi connectivity index (χ3n) is 5.68. The SMILES string of the molecule is COc1ccc(S(=O)(=O)N2CCc3c(sc4ncnc(Nc5ccc(C)cc5Br)c34)C2)cc1. The molecule has 1 aliphatic rings. The van der Waals surface area contributed by atoms with Crippen LogP contribution in [0.2, 0.25) is 0 Å². The van der Waals surface area contributed by atoms with Gasteiger partial charge in [-0.25, -0.2) is 18.4 Å². The molecule has 0 bridgehead atoms. The van der Waals surface area contributed by atoms with Crippen LogP contribution in [0.3, 0.4) is 0 Å². The van der Waals surface area contributed by atoms with E-state index in [1.54, 1.807) is 37.7 Å². The largest absolute Gasteiger partial charge is 0.497 e. The van der Waals surface area contributed by atoms with Crippen molar-refractivity contribution in [3.8, 4) is 5.75 Å². The number of hydrogen-bond acceptors (Lipinski definition) is 7. The van der Waals surface area contributed by atoms with Gasteiger partial charge in [0.2, 0.25) is 10.0 Å². The fraction of sp³-hybridized carbons (Fsp3) is 0.217. The van der Waals surface area contributed by atoms with Gasteiger partial charge in [-0.1, -0.05) is 6.07 Å². The first-order valence-electron chi connectivity index (χ1n) is 10.3. The van der Waals surface area contributed by atoms with Gasteiger partial charge in [-0.3, -0.25) is 0 Å². The number of rotatable bonds is 5. The number of aromatic nitrogens is 2. The van der Waals surface area contributed by atoms with Gasteiger partial charge >= 0.3 is 0 Å². The van der Waals surface area contributed by atoms with Crippen molar-refractivity contribution in [3.63, 3.8) is 0 Å². The number of ether oxygens (including phenoxy) is 1. The van der Waals surface area contributed by atoms with Crippen LogP contribution in [0, 0.1) is 6.92 Å². The van der Waals surface area contributed by atoms with Gasteiger partial charge in [-0.2, -0.15) is 4.31 Å². The van der Waals surface area contributed by atoms with E-state index in [9.17, 15) is 8.42 Å². The molecule has 2 aromatic heterocycles. The number of thiophene rings is 1. The van der Waals surface area contributed by atoms with Crippen molar-refractivity contribution in [2.45, 2.75) is 24.8 Å². The lowest BCUT2D eigenvalue weighted by Crippen LogP contribution is -2.35. The highest BCUT2D eigenvalue weighted by Crippen LogP contribution is 2.40. The number of halogens is 1. The number of aryl methyl sites for hydroxylation is 1. The lowest BCUT2D eigenvalue weighted by molar-refractivity contribution is 0.396. The Morgan fingerprint density at radius 2 is 1.94 bits per heavy atom. The van der Waals surface area contributed by atoms with E-state index >= 15 is 0 Å². The van der Waals surface area contributed by atoms with Crippen molar-refractivity contribution in [2.75, 3.05) is 19.0 Å². The van der Waals surface area contributed by atoms with Crippen LogP contribution < -0.4 is 10.1 Å². The van der Waals surface area contributed by atoms with Crippen LogP contribution in [0.1, 0.15) is 16.0 Å². The molecule has 0 amide bonds. The van der Waals surface area contributed by atoms with Crippen LogP contribution in [-0.4, -0.2) is 36.3 Å². The molecular weight excluding hydrogens is 524 g/mol. The number of fused-ring (bicyclic) bond motifs is 3. The maximum Gasteiger partial charge on any atom is 0.243 e. The lowest BCUT2D eigenvalue weighted by Gasteiger charge is -2.26. The van der Waals surface area contributed by atoms with E-state index in [1.165, 1.54) is 15.6 Å². The quantitative estimate of drug-likeness (QED) is 0.368. The van der Waals surface area contributed by atoms with Crippen LogP contribution in [0.4, 0.5) is 11.5 Å². The van der Waals surface area contributed by atoms with Gasteiger partial charge in [0.25, 0.3) is 0 Å². The van der Waals surface area contributed by atoms with Crippen molar-refractivity contribution >= 4 is 59.0 Å². The summed E-state index contributed by atoms with van der Waals surface area (Å²) in [6, 6.07) is 12.6. The van der Waals surface area contributed by atoms with Crippen molar-refractivity contribution in [1.29, 1.82) is 0 Å². The topological polar surface area (TPSA) is 84.4 Å². The normalized spacial score (nSPS) is 14.3. The number of hydrogen-bond donors (Lipinski definition) is 1. The molecule has 0 unspecified atom stereocenters. The minimum absolute atomic E-state index is 0.263. The summed E-state index contributed by atoms with van der Waals surface area (Å²) < 4.78 is 34.1. The zero-order chi connectivity index (χ0) is 23.2. The number of nitrogens with one attached hydrogen (secondary N) is 1. The maximum absolute atomic E-state index is 13.2. The van der Waals surface area contributed by atoms with Gasteiger partial charge in [0, 0.05) is 22.4 Å². The molecule has 1 aliphatic heterocycles. The molecule has 170 valence electrons. The zero-order valence-corrected chi connectivity index (χ0v) is 21.2. The molecule has 3 heterocycles. The Kier molecular flexibility index (Phi) is 5.86. The lowest BCUT2D eigenvalue weighted by atomic mass is 10.1. The first-order valence-corrected chi connectivity index (χ1v) is 13.3. The molecule has 0 fully saturated rings. The monoisotopic (exact) mass is 544 g/mol. The molecular formula is C23H21BrN4O3S2. The third-order valence-corrected chi connectivity index (χ3v) is 9.32. The van der Waals surface area contributed by atoms with E-state index in [1.807, 2.05) is 25.1 Å². The zero-order valence-electron chi connectivity index (χ0n) is 18.0. The van der Waals surface area contributed by atoms with Gasteiger partial charge in [0.15, 0.2) is 0 Å². The Morgan fingerprint density at radius 1 is 1.15 bits per heavy atom. The second-order valence-corrected chi connectivity index (χ2v) is 11.7. The summed E-state index contributed by atoms with van der Waals surface area (Å²) in [5, 5.41) is 4.39. The molecule has 33 heavy (non-hydrogen) atoms. The Balaban J connectivity index is 1.48. The van der Waals surface area contributed by atoms with Crippen LogP contribution in [0.25, 0.3) is 10.2 Å². The molecule has 7 nitrogen and oxygen atoms in total. The second-order valence-electron chi connectivity index (χ2n) is 7.78. The third kappa shape index (κ3) is 4.12. The highest BCUT2D eigenvalue weighted by molar-refractivity contribution is 9.10. The predicted octanol–water partition coefficient (Wildman–Crippen LogP) is 5.26. The predicted molar refractivity (Wildman–Crippen MR) is 134 cm³/mol. The molecule has 5 rings (SSSR count). The fourth-order valence-electron chi connectivity index (χ4n) is 3.95. The summed E-state index contributed by atoms with van der Waals surface area (Å²) in [4.78, 5) is 11.1. The summed E-state index contributed by atoms with van der Waals surface area (Å²) in [5.74, 6) is 1.35. The molecule has 0 spiro atoms. The molecule has 0 saturated carbocycles. The van der Waals surface area contributed by atoms with E-state index in [0.717, 1.165) is 42.2 Å². The van der Waals surface area contributed by atoms with Gasteiger partial charge in [-0.05, 0) is 76.8 Å². The van der Waals surface area contributed by atoms with Gasteiger partial charge in [0.1, 0.15) is 22.7 Å². The highest BCUT2D eigenvalue weighted by Gasteiger charge is 2.31. The number of sulfonamides is 1. The second kappa shape index (κ2) is 8.68. The fourth-order valence-corrected chi connectivity index (χ4v) is 7.24. The molecule has 4 aromatic rings. The minimum atomic E-state index is -3.61. The molecule has 10 heteroatoms. The Labute approximate surface area is 204 Å². The van der Waals surface area contributed by atoms with Crippen LogP contribution in [0.5, 0.6) is 5.75 Å². The first-order chi connectivity index (χ1) is 15.9. The van der Waals surface area contributed by atoms with Gasteiger partial charge in [-0.15, -0.1) is 11.3 Å². The van der Waals surface area contributed by atoms with Gasteiger partial charge in [0.05, 0.1) is 23.1 Å². The highest BCUT2D eigenvalue weighted by atomic mass is 79.9. The maximum atomic E-state index is 13.2. The standard InChI is InChI=1S/C23H21BrN4O3S2/c1-14-3-8-19(18(24)11-14)27-22-21-17-9-10-28(12-20(17)32-23(21)26-13-25-22)33(29,30)16-6-4-15(31-2)5-7-16/h3-8,11,13H,9-10,12H2,1-2H3,(H,25,26,27). The van der Waals surface area contributed by atoms with Crippen molar-refractivity contribution in [3.05, 3.63) is 69.3 Å². The van der Waals surface area contributed by atoms with Gasteiger partial charge < -0.3 is 10.1 Å². The number of methoxy groups -OCH3 is 1. The molecule has 0 radical (unpaired) electrons. The van der Waals surface area contributed by atoms with Crippen LogP contribution in [0.15, 0.2) is 58.2 Å². The summed E-state index contributed by atoms with van der Waals surface area (Å²) in [6.07, 6.45) is 2.14. The Morgan fingerprint density at radius 3 is 2.67 bits per heavy atom. The number of anilines is 2. The summed E-state index contributed by atoms with van der Waals surface area (Å²) in [5.41, 5.74) is 3.19. The average molecular weight is 545 g/mol. The van der Waals surface area contributed by atoms with E-state index in [2.05, 4.69) is 31.2 Å².